The van der Waals surface area contributed by atoms with Gasteiger partial charge in [-0.25, -0.2) is 9.18 Å². The van der Waals surface area contributed by atoms with E-state index in [9.17, 15) is 19.1 Å². The van der Waals surface area contributed by atoms with Crippen molar-refractivity contribution in [1.29, 1.82) is 0 Å². The number of halogens is 2. The summed E-state index contributed by atoms with van der Waals surface area (Å²) < 4.78 is 20.6. The molecule has 0 aliphatic rings. The van der Waals surface area contributed by atoms with Crippen LogP contribution >= 0.6 is 15.9 Å². The Kier molecular flexibility index (Phi) is 5.77. The Morgan fingerprint density at radius 2 is 2.08 bits per heavy atom. The number of aliphatic hydroxyl groups is 1. The maximum absolute atomic E-state index is 13.9. The molecule has 0 aliphatic heterocycles. The van der Waals surface area contributed by atoms with Crippen LogP contribution in [0.4, 0.5) is 4.39 Å². The highest BCUT2D eigenvalue weighted by molar-refractivity contribution is 9.10. The average molecular weight is 400 g/mol. The third-order valence-corrected chi connectivity index (χ3v) is 4.49. The van der Waals surface area contributed by atoms with Crippen LogP contribution in [-0.4, -0.2) is 28.9 Å². The first-order valence-corrected chi connectivity index (χ1v) is 8.43. The summed E-state index contributed by atoms with van der Waals surface area (Å²) in [4.78, 5) is 24.8. The molecule has 1 aromatic carbocycles. The second-order valence-corrected chi connectivity index (χ2v) is 6.63. The minimum atomic E-state index is -0.741. The first-order valence-electron chi connectivity index (χ1n) is 7.63. The lowest BCUT2D eigenvalue weighted by Crippen LogP contribution is -2.26. The molecule has 2 rings (SSSR count). The fourth-order valence-electron chi connectivity index (χ4n) is 2.64. The molecule has 5 nitrogen and oxygen atoms in total. The molecule has 1 aromatic heterocycles. The molecule has 1 heterocycles. The number of rotatable bonds is 5. The van der Waals surface area contributed by atoms with Crippen molar-refractivity contribution in [2.45, 2.75) is 26.8 Å². The molecule has 1 atom stereocenters. The van der Waals surface area contributed by atoms with Crippen LogP contribution in [0.25, 0.3) is 10.9 Å². The van der Waals surface area contributed by atoms with Gasteiger partial charge in [0.25, 0.3) is 0 Å². The van der Waals surface area contributed by atoms with Gasteiger partial charge in [-0.2, -0.15) is 0 Å². The monoisotopic (exact) mass is 399 g/mol. The number of benzene rings is 1. The fourth-order valence-corrected chi connectivity index (χ4v) is 3.24. The largest absolute Gasteiger partial charge is 0.462 e. The second kappa shape index (κ2) is 7.44. The van der Waals surface area contributed by atoms with Crippen LogP contribution in [-0.2, 0) is 4.74 Å². The quantitative estimate of drug-likeness (QED) is 0.783. The molecule has 0 bridgehead atoms. The van der Waals surface area contributed by atoms with E-state index in [1.54, 1.807) is 11.5 Å². The number of aromatic nitrogens is 1. The van der Waals surface area contributed by atoms with Gasteiger partial charge in [0.15, 0.2) is 0 Å². The Morgan fingerprint density at radius 3 is 2.62 bits per heavy atom. The van der Waals surface area contributed by atoms with Gasteiger partial charge in [-0.3, -0.25) is 4.79 Å². The number of carbonyl (C=O) groups is 1. The lowest BCUT2D eigenvalue weighted by Gasteiger charge is -2.25. The molecular formula is C17H19BrFNO4. The number of esters is 1. The molecule has 1 unspecified atom stereocenters. The van der Waals surface area contributed by atoms with E-state index in [-0.39, 0.29) is 34.6 Å². The number of ether oxygens (including phenoxy) is 1. The second-order valence-electron chi connectivity index (χ2n) is 5.78. The van der Waals surface area contributed by atoms with Crippen molar-refractivity contribution in [3.05, 3.63) is 44.4 Å². The van der Waals surface area contributed by atoms with E-state index in [1.165, 1.54) is 18.3 Å². The Balaban J connectivity index is 2.91. The summed E-state index contributed by atoms with van der Waals surface area (Å²) in [5.41, 5.74) is -0.365. The maximum atomic E-state index is 13.9. The SMILES string of the molecule is CCOC(=O)c1cn(C(CO)C(C)C)c2cc(F)cc(Br)c2c1=O. The fraction of sp³-hybridized carbons (Fsp3) is 0.412. The van der Waals surface area contributed by atoms with Crippen molar-refractivity contribution in [3.8, 4) is 0 Å². The predicted octanol–water partition coefficient (Wildman–Crippen LogP) is 3.27. The number of fused-ring (bicyclic) bond motifs is 1. The number of hydrogen-bond acceptors (Lipinski definition) is 4. The van der Waals surface area contributed by atoms with Crippen LogP contribution in [0.15, 0.2) is 27.6 Å². The number of aliphatic hydroxyl groups excluding tert-OH is 1. The third kappa shape index (κ3) is 3.37. The van der Waals surface area contributed by atoms with Crippen LogP contribution in [0.2, 0.25) is 0 Å². The van der Waals surface area contributed by atoms with Crippen molar-refractivity contribution in [2.24, 2.45) is 5.92 Å². The van der Waals surface area contributed by atoms with E-state index < -0.39 is 23.3 Å². The Morgan fingerprint density at radius 1 is 1.42 bits per heavy atom. The van der Waals surface area contributed by atoms with E-state index in [0.29, 0.717) is 5.52 Å². The van der Waals surface area contributed by atoms with Gasteiger partial charge in [0, 0.05) is 10.7 Å². The summed E-state index contributed by atoms with van der Waals surface area (Å²) in [6.07, 6.45) is 1.34. The molecule has 0 saturated carbocycles. The van der Waals surface area contributed by atoms with Crippen molar-refractivity contribution in [2.75, 3.05) is 13.2 Å². The first-order chi connectivity index (χ1) is 11.3. The standard InChI is InChI=1S/C17H19BrFNO4/c1-4-24-17(23)11-7-20(14(8-21)9(2)3)13-6-10(19)5-12(18)15(13)16(11)22/h5-7,9,14,21H,4,8H2,1-3H3. The highest BCUT2D eigenvalue weighted by Gasteiger charge is 2.23. The Labute approximate surface area is 147 Å². The highest BCUT2D eigenvalue weighted by Crippen LogP contribution is 2.28. The van der Waals surface area contributed by atoms with E-state index in [0.717, 1.165) is 0 Å². The molecule has 2 aromatic rings. The molecule has 24 heavy (non-hydrogen) atoms. The lowest BCUT2D eigenvalue weighted by atomic mass is 10.0. The number of pyridine rings is 1. The number of hydrogen-bond donors (Lipinski definition) is 1. The normalized spacial score (nSPS) is 12.6. The zero-order valence-corrected chi connectivity index (χ0v) is 15.3. The third-order valence-electron chi connectivity index (χ3n) is 3.86. The topological polar surface area (TPSA) is 68.5 Å². The molecule has 1 N–H and O–H groups in total. The molecule has 0 radical (unpaired) electrons. The molecule has 0 aliphatic carbocycles. The Bertz CT molecular complexity index is 831. The lowest BCUT2D eigenvalue weighted by molar-refractivity contribution is 0.0523. The zero-order valence-electron chi connectivity index (χ0n) is 13.7. The van der Waals surface area contributed by atoms with E-state index in [1.807, 2.05) is 13.8 Å². The summed E-state index contributed by atoms with van der Waals surface area (Å²) in [6, 6.07) is 1.98. The Hall–Kier alpha value is -1.73. The van der Waals surface area contributed by atoms with Gasteiger partial charge in [-0.05, 0) is 40.9 Å². The van der Waals surface area contributed by atoms with Gasteiger partial charge in [0.2, 0.25) is 5.43 Å². The van der Waals surface area contributed by atoms with Crippen LogP contribution in [0.3, 0.4) is 0 Å². The van der Waals surface area contributed by atoms with Crippen LogP contribution in [0.5, 0.6) is 0 Å². The smallest absolute Gasteiger partial charge is 0.343 e. The van der Waals surface area contributed by atoms with Crippen LogP contribution in [0, 0.1) is 11.7 Å². The molecule has 0 spiro atoms. The van der Waals surface area contributed by atoms with Crippen molar-refractivity contribution >= 4 is 32.8 Å². The maximum Gasteiger partial charge on any atom is 0.343 e. The first kappa shape index (κ1) is 18.6. The van der Waals surface area contributed by atoms with Gasteiger partial charge in [-0.15, -0.1) is 0 Å². The van der Waals surface area contributed by atoms with Crippen molar-refractivity contribution < 1.29 is 19.0 Å². The van der Waals surface area contributed by atoms with Crippen LogP contribution < -0.4 is 5.43 Å². The van der Waals surface area contributed by atoms with Gasteiger partial charge in [-0.1, -0.05) is 13.8 Å². The minimum Gasteiger partial charge on any atom is -0.462 e. The minimum absolute atomic E-state index is 0.00205. The zero-order chi connectivity index (χ0) is 18.0. The van der Waals surface area contributed by atoms with Gasteiger partial charge < -0.3 is 14.4 Å². The van der Waals surface area contributed by atoms with E-state index >= 15 is 0 Å². The summed E-state index contributed by atoms with van der Waals surface area (Å²) in [6.45, 7) is 5.35. The predicted molar refractivity (Wildman–Crippen MR) is 92.8 cm³/mol. The summed E-state index contributed by atoms with van der Waals surface area (Å²) in [5, 5.41) is 9.91. The van der Waals surface area contributed by atoms with Gasteiger partial charge >= 0.3 is 5.97 Å². The summed E-state index contributed by atoms with van der Waals surface area (Å²) in [7, 11) is 0. The van der Waals surface area contributed by atoms with E-state index in [2.05, 4.69) is 15.9 Å². The molecular weight excluding hydrogens is 381 g/mol. The molecule has 0 fully saturated rings. The molecule has 130 valence electrons. The summed E-state index contributed by atoms with van der Waals surface area (Å²) in [5.74, 6) is -1.26. The van der Waals surface area contributed by atoms with Gasteiger partial charge in [0.1, 0.15) is 11.4 Å². The number of carbonyl (C=O) groups excluding carboxylic acids is 1. The van der Waals surface area contributed by atoms with Gasteiger partial charge in [0.05, 0.1) is 30.2 Å². The van der Waals surface area contributed by atoms with Crippen molar-refractivity contribution in [3.63, 3.8) is 0 Å². The molecule has 7 heteroatoms. The average Bonchev–Trinajstić information content (AvgIpc) is 2.49. The molecule has 0 saturated heterocycles. The van der Waals surface area contributed by atoms with Crippen molar-refractivity contribution in [1.82, 2.24) is 4.57 Å². The summed E-state index contributed by atoms with van der Waals surface area (Å²) >= 11 is 3.20. The number of nitrogens with zero attached hydrogens (tertiary/aromatic N) is 1. The molecule has 0 amide bonds. The van der Waals surface area contributed by atoms with Crippen LogP contribution in [0.1, 0.15) is 37.2 Å². The van der Waals surface area contributed by atoms with E-state index in [4.69, 9.17) is 4.74 Å². The highest BCUT2D eigenvalue weighted by atomic mass is 79.9.